The fraction of sp³-hybridized carbons (Fsp3) is 0.733. The fourth-order valence-corrected chi connectivity index (χ4v) is 3.53. The lowest BCUT2D eigenvalue weighted by atomic mass is 10.1. The van der Waals surface area contributed by atoms with E-state index in [2.05, 4.69) is 23.7 Å². The molecule has 21 heavy (non-hydrogen) atoms. The third-order valence-electron chi connectivity index (χ3n) is 4.11. The van der Waals surface area contributed by atoms with Crippen LogP contribution < -0.4 is 10.6 Å². The van der Waals surface area contributed by atoms with Gasteiger partial charge in [-0.15, -0.1) is 0 Å². The number of nitrogens with zero attached hydrogens (tertiary/aromatic N) is 3. The monoisotopic (exact) mass is 310 g/mol. The Morgan fingerprint density at radius 3 is 2.67 bits per heavy atom. The molecule has 118 valence electrons. The molecule has 2 N–H and O–H groups in total. The van der Waals surface area contributed by atoms with Gasteiger partial charge in [0.2, 0.25) is 0 Å². The summed E-state index contributed by atoms with van der Waals surface area (Å²) in [5.41, 5.74) is 5.99. The van der Waals surface area contributed by atoms with E-state index >= 15 is 0 Å². The second-order valence-electron chi connectivity index (χ2n) is 5.76. The van der Waals surface area contributed by atoms with Crippen LogP contribution >= 0.6 is 11.3 Å². The van der Waals surface area contributed by atoms with E-state index < -0.39 is 0 Å². The Labute approximate surface area is 131 Å². The van der Waals surface area contributed by atoms with Gasteiger partial charge in [0.1, 0.15) is 10.7 Å². The molecule has 1 aromatic heterocycles. The molecule has 2 heterocycles. The molecule has 1 aliphatic rings. The van der Waals surface area contributed by atoms with E-state index in [9.17, 15) is 4.79 Å². The van der Waals surface area contributed by atoms with Crippen molar-refractivity contribution in [3.63, 3.8) is 0 Å². The molecule has 1 fully saturated rings. The maximum atomic E-state index is 12.7. The number of aromatic nitrogens is 1. The van der Waals surface area contributed by atoms with E-state index in [1.54, 1.807) is 0 Å². The van der Waals surface area contributed by atoms with Crippen LogP contribution in [0.15, 0.2) is 0 Å². The maximum absolute atomic E-state index is 12.7. The van der Waals surface area contributed by atoms with Crippen LogP contribution in [0.25, 0.3) is 0 Å². The molecule has 0 aromatic carbocycles. The molecule has 6 heteroatoms. The van der Waals surface area contributed by atoms with E-state index in [4.69, 9.17) is 5.73 Å². The van der Waals surface area contributed by atoms with Gasteiger partial charge in [0.05, 0.1) is 0 Å². The van der Waals surface area contributed by atoms with E-state index in [-0.39, 0.29) is 5.91 Å². The fourth-order valence-electron chi connectivity index (χ4n) is 2.52. The standard InChI is InChI=1S/C15H26N4OS/c1-4-11(3)10-18(5-2)14(20)12-13(16)17-15(21-12)19-8-6-7-9-19/h11H,4-10,16H2,1-3H3. The van der Waals surface area contributed by atoms with Crippen molar-refractivity contribution in [3.8, 4) is 0 Å². The molecule has 0 spiro atoms. The topological polar surface area (TPSA) is 62.5 Å². The molecule has 5 nitrogen and oxygen atoms in total. The average Bonchev–Trinajstić information content (AvgIpc) is 3.12. The number of carbonyl (C=O) groups is 1. The van der Waals surface area contributed by atoms with Gasteiger partial charge in [0, 0.05) is 26.2 Å². The van der Waals surface area contributed by atoms with Gasteiger partial charge in [0.15, 0.2) is 5.13 Å². The van der Waals surface area contributed by atoms with Crippen LogP contribution in [0.1, 0.15) is 49.7 Å². The first kappa shape index (κ1) is 16.1. The summed E-state index contributed by atoms with van der Waals surface area (Å²) in [6, 6.07) is 0. The third kappa shape index (κ3) is 3.67. The Bertz CT molecular complexity index is 482. The van der Waals surface area contributed by atoms with Crippen molar-refractivity contribution < 1.29 is 4.79 Å². The summed E-state index contributed by atoms with van der Waals surface area (Å²) in [5, 5.41) is 0.896. The number of thiazole rings is 1. The maximum Gasteiger partial charge on any atom is 0.267 e. The zero-order valence-corrected chi connectivity index (χ0v) is 14.1. The van der Waals surface area contributed by atoms with Crippen molar-refractivity contribution >= 4 is 28.2 Å². The van der Waals surface area contributed by atoms with Crippen LogP contribution in [0.5, 0.6) is 0 Å². The predicted molar refractivity (Wildman–Crippen MR) is 89.0 cm³/mol. The Hall–Kier alpha value is -1.30. The van der Waals surface area contributed by atoms with Gasteiger partial charge < -0.3 is 15.5 Å². The van der Waals surface area contributed by atoms with Gasteiger partial charge >= 0.3 is 0 Å². The second kappa shape index (κ2) is 7.11. The number of nitrogen functional groups attached to an aromatic ring is 1. The molecule has 1 atom stereocenters. The lowest BCUT2D eigenvalue weighted by Crippen LogP contribution is -2.34. The summed E-state index contributed by atoms with van der Waals surface area (Å²) in [6.45, 7) is 9.85. The molecule has 2 rings (SSSR count). The van der Waals surface area contributed by atoms with Gasteiger partial charge in [-0.1, -0.05) is 31.6 Å². The summed E-state index contributed by atoms with van der Waals surface area (Å²) < 4.78 is 0. The van der Waals surface area contributed by atoms with E-state index in [0.717, 1.165) is 31.2 Å². The van der Waals surface area contributed by atoms with E-state index in [1.807, 2.05) is 11.8 Å². The van der Waals surface area contributed by atoms with Crippen LogP contribution in [-0.4, -0.2) is 42.0 Å². The van der Waals surface area contributed by atoms with Crippen molar-refractivity contribution in [1.29, 1.82) is 0 Å². The van der Waals surface area contributed by atoms with Crippen molar-refractivity contribution in [2.24, 2.45) is 5.92 Å². The molecule has 0 saturated carbocycles. The number of hydrogen-bond acceptors (Lipinski definition) is 5. The summed E-state index contributed by atoms with van der Waals surface area (Å²) in [7, 11) is 0. The number of nitrogens with two attached hydrogens (primary N) is 1. The molecule has 1 unspecified atom stereocenters. The first-order valence-electron chi connectivity index (χ1n) is 7.87. The average molecular weight is 310 g/mol. The minimum atomic E-state index is 0.0262. The third-order valence-corrected chi connectivity index (χ3v) is 5.23. The van der Waals surface area contributed by atoms with Crippen molar-refractivity contribution in [3.05, 3.63) is 4.88 Å². The number of amides is 1. The van der Waals surface area contributed by atoms with Gasteiger partial charge in [-0.2, -0.15) is 0 Å². The van der Waals surface area contributed by atoms with Gasteiger partial charge in [-0.3, -0.25) is 4.79 Å². The summed E-state index contributed by atoms with van der Waals surface area (Å²) in [6.07, 6.45) is 3.46. The first-order chi connectivity index (χ1) is 10.1. The molecular weight excluding hydrogens is 284 g/mol. The highest BCUT2D eigenvalue weighted by Crippen LogP contribution is 2.31. The highest BCUT2D eigenvalue weighted by atomic mass is 32.1. The van der Waals surface area contributed by atoms with Crippen molar-refractivity contribution in [1.82, 2.24) is 9.88 Å². The highest BCUT2D eigenvalue weighted by molar-refractivity contribution is 7.18. The SMILES string of the molecule is CCC(C)CN(CC)C(=O)c1sc(N2CCCC2)nc1N. The summed E-state index contributed by atoms with van der Waals surface area (Å²) in [5.74, 6) is 0.911. The summed E-state index contributed by atoms with van der Waals surface area (Å²) >= 11 is 1.44. The Morgan fingerprint density at radius 2 is 2.10 bits per heavy atom. The normalized spacial score (nSPS) is 16.2. The second-order valence-corrected chi connectivity index (χ2v) is 6.74. The quantitative estimate of drug-likeness (QED) is 0.877. The van der Waals surface area contributed by atoms with Gasteiger partial charge in [-0.05, 0) is 25.7 Å². The minimum Gasteiger partial charge on any atom is -0.382 e. The van der Waals surface area contributed by atoms with Crippen molar-refractivity contribution in [2.75, 3.05) is 36.8 Å². The number of hydrogen-bond donors (Lipinski definition) is 1. The van der Waals surface area contributed by atoms with Crippen LogP contribution in [0.4, 0.5) is 10.9 Å². The number of carbonyl (C=O) groups excluding carboxylic acids is 1. The molecule has 1 aliphatic heterocycles. The lowest BCUT2D eigenvalue weighted by molar-refractivity contribution is 0.0746. The zero-order chi connectivity index (χ0) is 15.4. The van der Waals surface area contributed by atoms with E-state index in [1.165, 1.54) is 24.2 Å². The van der Waals surface area contributed by atoms with Crippen LogP contribution in [-0.2, 0) is 0 Å². The largest absolute Gasteiger partial charge is 0.382 e. The molecule has 0 radical (unpaired) electrons. The lowest BCUT2D eigenvalue weighted by Gasteiger charge is -2.23. The predicted octanol–water partition coefficient (Wildman–Crippen LogP) is 2.83. The van der Waals surface area contributed by atoms with Crippen LogP contribution in [0.2, 0.25) is 0 Å². The van der Waals surface area contributed by atoms with E-state index in [0.29, 0.717) is 23.2 Å². The first-order valence-corrected chi connectivity index (χ1v) is 8.68. The van der Waals surface area contributed by atoms with Crippen LogP contribution in [0, 0.1) is 5.92 Å². The number of anilines is 2. The Balaban J connectivity index is 2.13. The molecule has 0 bridgehead atoms. The molecule has 0 aliphatic carbocycles. The van der Waals surface area contributed by atoms with Gasteiger partial charge in [0.25, 0.3) is 5.91 Å². The van der Waals surface area contributed by atoms with Gasteiger partial charge in [-0.25, -0.2) is 4.98 Å². The molecule has 1 saturated heterocycles. The van der Waals surface area contributed by atoms with Crippen molar-refractivity contribution in [2.45, 2.75) is 40.0 Å². The molecule has 1 aromatic rings. The number of rotatable bonds is 6. The molecular formula is C15H26N4OS. The Morgan fingerprint density at radius 1 is 1.43 bits per heavy atom. The Kier molecular flexibility index (Phi) is 5.45. The highest BCUT2D eigenvalue weighted by Gasteiger charge is 2.25. The molecule has 1 amide bonds. The smallest absolute Gasteiger partial charge is 0.267 e. The minimum absolute atomic E-state index is 0.0262. The zero-order valence-electron chi connectivity index (χ0n) is 13.3. The summed E-state index contributed by atoms with van der Waals surface area (Å²) in [4.78, 5) is 21.8. The van der Waals surface area contributed by atoms with Crippen LogP contribution in [0.3, 0.4) is 0 Å².